The van der Waals surface area contributed by atoms with Gasteiger partial charge < -0.3 is 4.74 Å². The molecule has 2 aliphatic rings. The van der Waals surface area contributed by atoms with Crippen molar-refractivity contribution in [3.8, 4) is 5.75 Å². The van der Waals surface area contributed by atoms with E-state index in [2.05, 4.69) is 19.1 Å². The molecule has 0 bridgehead atoms. The maximum Gasteiger partial charge on any atom is 0.271 e. The van der Waals surface area contributed by atoms with E-state index in [1.54, 1.807) is 4.90 Å². The fourth-order valence-corrected chi connectivity index (χ4v) is 4.75. The van der Waals surface area contributed by atoms with Gasteiger partial charge in [0.25, 0.3) is 5.91 Å². The van der Waals surface area contributed by atoms with E-state index in [9.17, 15) is 4.79 Å². The number of ether oxygens (including phenoxy) is 1. The summed E-state index contributed by atoms with van der Waals surface area (Å²) in [4.78, 5) is 20.6. The predicted molar refractivity (Wildman–Crippen MR) is 122 cm³/mol. The number of aryl methyl sites for hydroxylation is 2. The van der Waals surface area contributed by atoms with Gasteiger partial charge in [-0.1, -0.05) is 31.2 Å². The van der Waals surface area contributed by atoms with Crippen LogP contribution in [0.2, 0.25) is 0 Å². The van der Waals surface area contributed by atoms with Crippen LogP contribution in [0, 0.1) is 0 Å². The van der Waals surface area contributed by atoms with E-state index in [1.165, 1.54) is 17.3 Å². The Morgan fingerprint density at radius 3 is 2.86 bits per heavy atom. The second-order valence-corrected chi connectivity index (χ2v) is 8.57. The number of benzene rings is 2. The molecule has 2 aromatic carbocycles. The van der Waals surface area contributed by atoms with Gasteiger partial charge in [-0.2, -0.15) is 0 Å². The van der Waals surface area contributed by atoms with Gasteiger partial charge in [0, 0.05) is 6.04 Å². The Hall–Kier alpha value is -2.53. The summed E-state index contributed by atoms with van der Waals surface area (Å²) in [5.74, 6) is 0.952. The molecule has 0 atom stereocenters. The van der Waals surface area contributed by atoms with Crippen molar-refractivity contribution in [2.75, 3.05) is 11.5 Å². The lowest BCUT2D eigenvalue weighted by Gasteiger charge is -2.19. The molecule has 29 heavy (non-hydrogen) atoms. The van der Waals surface area contributed by atoms with Crippen LogP contribution in [0.4, 0.5) is 5.69 Å². The fraction of sp³-hybridized carbons (Fsp3) is 0.333. The van der Waals surface area contributed by atoms with Crippen LogP contribution in [-0.4, -0.2) is 23.7 Å². The first-order valence-electron chi connectivity index (χ1n) is 10.2. The van der Waals surface area contributed by atoms with Crippen molar-refractivity contribution < 1.29 is 9.53 Å². The van der Waals surface area contributed by atoms with Crippen LogP contribution in [0.25, 0.3) is 6.08 Å². The molecule has 4 nitrogen and oxygen atoms in total. The van der Waals surface area contributed by atoms with Crippen molar-refractivity contribution >= 4 is 34.6 Å². The van der Waals surface area contributed by atoms with Crippen LogP contribution in [0.15, 0.2) is 52.4 Å². The van der Waals surface area contributed by atoms with Crippen molar-refractivity contribution in [2.45, 2.75) is 46.1 Å². The zero-order valence-corrected chi connectivity index (χ0v) is 18.0. The highest BCUT2D eigenvalue weighted by Gasteiger charge is 2.35. The highest BCUT2D eigenvalue weighted by molar-refractivity contribution is 8.19. The third-order valence-electron chi connectivity index (χ3n) is 5.02. The molecule has 0 saturated carbocycles. The number of amides is 1. The van der Waals surface area contributed by atoms with Gasteiger partial charge in [0.1, 0.15) is 5.75 Å². The molecule has 0 spiro atoms. The molecule has 1 amide bonds. The molecule has 2 heterocycles. The number of anilines is 1. The molecule has 1 saturated heterocycles. The number of carbonyl (C=O) groups is 1. The first-order chi connectivity index (χ1) is 14.1. The van der Waals surface area contributed by atoms with E-state index >= 15 is 0 Å². The zero-order chi connectivity index (χ0) is 20.4. The number of carbonyl (C=O) groups excluding carboxylic acids is 1. The molecule has 0 N–H and O–H groups in total. The van der Waals surface area contributed by atoms with Gasteiger partial charge in [0.2, 0.25) is 0 Å². The van der Waals surface area contributed by atoms with E-state index in [1.807, 2.05) is 50.3 Å². The number of amidine groups is 1. The van der Waals surface area contributed by atoms with Crippen LogP contribution >= 0.6 is 11.8 Å². The molecule has 0 unspecified atom stereocenters. The van der Waals surface area contributed by atoms with Crippen LogP contribution in [-0.2, 0) is 17.6 Å². The molecule has 5 heteroatoms. The summed E-state index contributed by atoms with van der Waals surface area (Å²) in [5.41, 5.74) is 4.31. The van der Waals surface area contributed by atoms with Crippen LogP contribution in [0.3, 0.4) is 0 Å². The van der Waals surface area contributed by atoms with Crippen LogP contribution in [0.5, 0.6) is 5.75 Å². The number of thioether (sulfide) groups is 1. The van der Waals surface area contributed by atoms with Crippen molar-refractivity contribution in [1.82, 2.24) is 0 Å². The summed E-state index contributed by atoms with van der Waals surface area (Å²) in [6, 6.07) is 14.4. The summed E-state index contributed by atoms with van der Waals surface area (Å²) in [7, 11) is 0. The normalized spacial score (nSPS) is 19.2. The Balaban J connectivity index is 1.73. The summed E-state index contributed by atoms with van der Waals surface area (Å²) >= 11 is 1.46. The van der Waals surface area contributed by atoms with E-state index < -0.39 is 0 Å². The van der Waals surface area contributed by atoms with Crippen LogP contribution in [0.1, 0.15) is 43.9 Å². The molecular weight excluding hydrogens is 380 g/mol. The van der Waals surface area contributed by atoms with Gasteiger partial charge in [-0.25, -0.2) is 0 Å². The van der Waals surface area contributed by atoms with E-state index in [4.69, 9.17) is 9.73 Å². The molecule has 1 fully saturated rings. The van der Waals surface area contributed by atoms with Crippen molar-refractivity contribution in [2.24, 2.45) is 4.99 Å². The third-order valence-corrected chi connectivity index (χ3v) is 6.00. The smallest absolute Gasteiger partial charge is 0.271 e. The van der Waals surface area contributed by atoms with Gasteiger partial charge in [-0.3, -0.25) is 14.7 Å². The zero-order valence-electron chi connectivity index (χ0n) is 17.1. The highest BCUT2D eigenvalue weighted by Crippen LogP contribution is 2.38. The summed E-state index contributed by atoms with van der Waals surface area (Å²) < 4.78 is 5.71. The Bertz CT molecular complexity index is 994. The standard InChI is InChI=1S/C24H26N2O2S/c1-4-18-8-5-6-10-20(18)26-23(27)22(29-24(26)25-16(2)3)15-17-11-12-21-19(14-17)9-7-13-28-21/h5-6,8,10-12,14-16H,4,7,9,13H2,1-3H3/b22-15-,25-24?. The average Bonchev–Trinajstić information content (AvgIpc) is 3.01. The Labute approximate surface area is 176 Å². The number of hydrogen-bond acceptors (Lipinski definition) is 4. The maximum atomic E-state index is 13.4. The molecule has 0 aliphatic carbocycles. The lowest BCUT2D eigenvalue weighted by Crippen LogP contribution is -2.30. The van der Waals surface area contributed by atoms with E-state index in [0.717, 1.165) is 53.6 Å². The first-order valence-corrected chi connectivity index (χ1v) is 11.0. The van der Waals surface area contributed by atoms with Crippen molar-refractivity contribution in [1.29, 1.82) is 0 Å². The number of nitrogens with zero attached hydrogens (tertiary/aromatic N) is 2. The molecule has 2 aliphatic heterocycles. The molecule has 4 rings (SSSR count). The first kappa shape index (κ1) is 19.8. The Kier molecular flexibility index (Phi) is 5.76. The molecule has 2 aromatic rings. The quantitative estimate of drug-likeness (QED) is 0.633. The minimum atomic E-state index is -0.00993. The number of para-hydroxylation sites is 1. The lowest BCUT2D eigenvalue weighted by atomic mass is 10.0. The van der Waals surface area contributed by atoms with Gasteiger partial charge in [0.05, 0.1) is 17.2 Å². The molecular formula is C24H26N2O2S. The van der Waals surface area contributed by atoms with Gasteiger partial charge in [-0.05, 0) is 85.8 Å². The van der Waals surface area contributed by atoms with Gasteiger partial charge in [0.15, 0.2) is 5.17 Å². The minimum Gasteiger partial charge on any atom is -0.493 e. The molecule has 150 valence electrons. The second kappa shape index (κ2) is 8.46. The van der Waals surface area contributed by atoms with Gasteiger partial charge >= 0.3 is 0 Å². The maximum absolute atomic E-state index is 13.4. The highest BCUT2D eigenvalue weighted by atomic mass is 32.2. The summed E-state index contributed by atoms with van der Waals surface area (Å²) in [5, 5.41) is 0.749. The number of rotatable bonds is 4. The fourth-order valence-electron chi connectivity index (χ4n) is 3.64. The van der Waals surface area contributed by atoms with Crippen molar-refractivity contribution in [3.63, 3.8) is 0 Å². The molecule has 0 aromatic heterocycles. The second-order valence-electron chi connectivity index (χ2n) is 7.56. The third kappa shape index (κ3) is 4.10. The number of fused-ring (bicyclic) bond motifs is 1. The summed E-state index contributed by atoms with van der Waals surface area (Å²) in [6.07, 6.45) is 4.90. The predicted octanol–water partition coefficient (Wildman–Crippen LogP) is 5.46. The van der Waals surface area contributed by atoms with E-state index in [0.29, 0.717) is 4.91 Å². The number of hydrogen-bond donors (Lipinski definition) is 0. The lowest BCUT2D eigenvalue weighted by molar-refractivity contribution is -0.113. The van der Waals surface area contributed by atoms with E-state index in [-0.39, 0.29) is 11.9 Å². The average molecular weight is 407 g/mol. The Morgan fingerprint density at radius 2 is 2.07 bits per heavy atom. The SMILES string of the molecule is CCc1ccccc1N1C(=O)/C(=C/c2ccc3c(c2)CCCO3)SC1=NC(C)C. The minimum absolute atomic E-state index is 0.00993. The van der Waals surface area contributed by atoms with Crippen LogP contribution < -0.4 is 9.64 Å². The van der Waals surface area contributed by atoms with Gasteiger partial charge in [-0.15, -0.1) is 0 Å². The number of aliphatic imine (C=N–C) groups is 1. The topological polar surface area (TPSA) is 41.9 Å². The van der Waals surface area contributed by atoms with Crippen molar-refractivity contribution in [3.05, 3.63) is 64.1 Å². The molecule has 0 radical (unpaired) electrons. The summed E-state index contributed by atoms with van der Waals surface area (Å²) in [6.45, 7) is 6.96. The largest absolute Gasteiger partial charge is 0.493 e. The Morgan fingerprint density at radius 1 is 1.24 bits per heavy atom. The monoisotopic (exact) mass is 406 g/mol.